The maximum Gasteiger partial charge on any atom is 0.242 e. The molecule has 0 radical (unpaired) electrons. The summed E-state index contributed by atoms with van der Waals surface area (Å²) in [7, 11) is -1.93. The third kappa shape index (κ3) is 3.06. The number of rotatable bonds is 5. The van der Waals surface area contributed by atoms with Gasteiger partial charge in [0.2, 0.25) is 15.9 Å². The molecule has 19 heavy (non-hydrogen) atoms. The molecule has 1 aromatic rings. The van der Waals surface area contributed by atoms with E-state index in [0.29, 0.717) is 17.8 Å². The van der Waals surface area contributed by atoms with Crippen molar-refractivity contribution in [3.63, 3.8) is 0 Å². The third-order valence-electron chi connectivity index (χ3n) is 2.74. The van der Waals surface area contributed by atoms with Gasteiger partial charge in [-0.3, -0.25) is 4.79 Å². The number of likely N-dealkylation sites (N-methyl/N-ethyl adjacent to an activating group) is 1. The van der Waals surface area contributed by atoms with Crippen LogP contribution in [0.1, 0.15) is 5.56 Å². The molecule has 6 nitrogen and oxygen atoms in total. The Balaban J connectivity index is 2.30. The number of hydrogen-bond donors (Lipinski definition) is 3. The highest BCUT2D eigenvalue weighted by atomic mass is 35.5. The molecule has 0 aromatic heterocycles. The molecule has 1 amide bonds. The third-order valence-corrected chi connectivity index (χ3v) is 4.67. The maximum atomic E-state index is 12.1. The second kappa shape index (κ2) is 5.46. The number of anilines is 1. The van der Waals surface area contributed by atoms with Crippen LogP contribution in [0.3, 0.4) is 0 Å². The quantitative estimate of drug-likeness (QED) is 0.684. The van der Waals surface area contributed by atoms with E-state index in [9.17, 15) is 13.2 Å². The van der Waals surface area contributed by atoms with E-state index in [4.69, 9.17) is 11.6 Å². The van der Waals surface area contributed by atoms with Crippen LogP contribution >= 0.6 is 11.6 Å². The predicted molar refractivity (Wildman–Crippen MR) is 72.9 cm³/mol. The molecule has 0 saturated carbocycles. The summed E-state index contributed by atoms with van der Waals surface area (Å²) >= 11 is 5.97. The molecule has 1 heterocycles. The van der Waals surface area contributed by atoms with Gasteiger partial charge in [-0.05, 0) is 24.7 Å². The summed E-state index contributed by atoms with van der Waals surface area (Å²) in [4.78, 5) is 11.3. The van der Waals surface area contributed by atoms with E-state index in [0.717, 1.165) is 0 Å². The molecule has 0 atom stereocenters. The molecule has 8 heteroatoms. The Kier molecular flexibility index (Phi) is 4.10. The summed E-state index contributed by atoms with van der Waals surface area (Å²) in [6.45, 7) is 0.783. The summed E-state index contributed by atoms with van der Waals surface area (Å²) in [5.41, 5.74) is 1.22. The molecule has 0 spiro atoms. The number of amides is 1. The average Bonchev–Trinajstić information content (AvgIpc) is 2.67. The molecule has 0 bridgehead atoms. The fraction of sp³-hybridized carbons (Fsp3) is 0.364. The van der Waals surface area contributed by atoms with Gasteiger partial charge in [0.05, 0.1) is 11.4 Å². The van der Waals surface area contributed by atoms with Crippen molar-refractivity contribution in [1.29, 1.82) is 0 Å². The standard InChI is InChI=1S/C11H14ClN3O3S/c1-13-2-3-14-19(17,18)10-4-7-5-11(16)15-9(7)6-8(10)12/h4,6,13-14H,2-3,5H2,1H3,(H,15,16). The second-order valence-electron chi connectivity index (χ2n) is 4.17. The lowest BCUT2D eigenvalue weighted by molar-refractivity contribution is -0.115. The van der Waals surface area contributed by atoms with Crippen molar-refractivity contribution in [2.24, 2.45) is 0 Å². The molecule has 1 aliphatic rings. The van der Waals surface area contributed by atoms with Crippen LogP contribution in [-0.2, 0) is 21.2 Å². The highest BCUT2D eigenvalue weighted by molar-refractivity contribution is 7.89. The summed E-state index contributed by atoms with van der Waals surface area (Å²) in [6, 6.07) is 2.91. The number of hydrogen-bond acceptors (Lipinski definition) is 4. The van der Waals surface area contributed by atoms with E-state index >= 15 is 0 Å². The lowest BCUT2D eigenvalue weighted by Gasteiger charge is -2.10. The number of halogens is 1. The first-order valence-corrected chi connectivity index (χ1v) is 7.56. The van der Waals surface area contributed by atoms with E-state index in [1.165, 1.54) is 12.1 Å². The number of carbonyl (C=O) groups excluding carboxylic acids is 1. The molecule has 0 unspecified atom stereocenters. The van der Waals surface area contributed by atoms with Gasteiger partial charge in [0.25, 0.3) is 0 Å². The molecular formula is C11H14ClN3O3S. The Morgan fingerprint density at radius 2 is 2.11 bits per heavy atom. The van der Waals surface area contributed by atoms with Gasteiger partial charge in [0, 0.05) is 18.8 Å². The molecule has 0 saturated heterocycles. The molecule has 0 fully saturated rings. The first kappa shape index (κ1) is 14.3. The average molecular weight is 304 g/mol. The molecule has 0 aliphatic carbocycles. The Hall–Kier alpha value is -1.15. The molecule has 3 N–H and O–H groups in total. The predicted octanol–water partition coefficient (Wildman–Crippen LogP) is 0.332. The maximum absolute atomic E-state index is 12.1. The summed E-state index contributed by atoms with van der Waals surface area (Å²) in [5, 5.41) is 5.56. The van der Waals surface area contributed by atoms with Gasteiger partial charge in [0.15, 0.2) is 0 Å². The lowest BCUT2D eigenvalue weighted by Crippen LogP contribution is -2.30. The molecule has 1 aliphatic heterocycles. The van der Waals surface area contributed by atoms with Crippen LogP contribution in [-0.4, -0.2) is 34.5 Å². The van der Waals surface area contributed by atoms with Gasteiger partial charge in [-0.1, -0.05) is 11.6 Å². The van der Waals surface area contributed by atoms with Gasteiger partial charge < -0.3 is 10.6 Å². The summed E-state index contributed by atoms with van der Waals surface area (Å²) in [5.74, 6) is -0.163. The van der Waals surface area contributed by atoms with Crippen LogP contribution in [0.2, 0.25) is 5.02 Å². The minimum absolute atomic E-state index is 0.000481. The summed E-state index contributed by atoms with van der Waals surface area (Å²) in [6.07, 6.45) is 0.172. The van der Waals surface area contributed by atoms with Crippen LogP contribution in [0.5, 0.6) is 0 Å². The van der Waals surface area contributed by atoms with Crippen molar-refractivity contribution in [1.82, 2.24) is 10.0 Å². The van der Waals surface area contributed by atoms with Gasteiger partial charge in [-0.15, -0.1) is 0 Å². The molecule has 104 valence electrons. The van der Waals surface area contributed by atoms with E-state index in [1.54, 1.807) is 7.05 Å². The minimum atomic E-state index is -3.66. The monoisotopic (exact) mass is 303 g/mol. The van der Waals surface area contributed by atoms with Crippen LogP contribution in [0.15, 0.2) is 17.0 Å². The van der Waals surface area contributed by atoms with Gasteiger partial charge in [-0.25, -0.2) is 13.1 Å². The Morgan fingerprint density at radius 1 is 1.37 bits per heavy atom. The van der Waals surface area contributed by atoms with Gasteiger partial charge in [0.1, 0.15) is 4.90 Å². The second-order valence-corrected chi connectivity index (χ2v) is 6.31. The molecular weight excluding hydrogens is 290 g/mol. The van der Waals surface area contributed by atoms with Crippen LogP contribution in [0.25, 0.3) is 0 Å². The number of carbonyl (C=O) groups is 1. The van der Waals surface area contributed by atoms with E-state index in [1.807, 2.05) is 0 Å². The highest BCUT2D eigenvalue weighted by Gasteiger charge is 2.24. The zero-order valence-corrected chi connectivity index (χ0v) is 11.9. The van der Waals surface area contributed by atoms with Crippen LogP contribution in [0.4, 0.5) is 5.69 Å². The van der Waals surface area contributed by atoms with Crippen molar-refractivity contribution in [2.45, 2.75) is 11.3 Å². The van der Waals surface area contributed by atoms with Crippen molar-refractivity contribution >= 4 is 33.2 Å². The van der Waals surface area contributed by atoms with Gasteiger partial charge in [-0.2, -0.15) is 0 Å². The Bertz CT molecular complexity index is 616. The van der Waals surface area contributed by atoms with E-state index in [-0.39, 0.29) is 28.8 Å². The van der Waals surface area contributed by atoms with Crippen molar-refractivity contribution in [3.05, 3.63) is 22.7 Å². The zero-order chi connectivity index (χ0) is 14.0. The zero-order valence-electron chi connectivity index (χ0n) is 10.3. The van der Waals surface area contributed by atoms with Crippen LogP contribution in [0, 0.1) is 0 Å². The number of fused-ring (bicyclic) bond motifs is 1. The van der Waals surface area contributed by atoms with Crippen LogP contribution < -0.4 is 15.4 Å². The van der Waals surface area contributed by atoms with Crippen molar-refractivity contribution in [3.8, 4) is 0 Å². The first-order chi connectivity index (χ1) is 8.94. The smallest absolute Gasteiger partial charge is 0.242 e. The topological polar surface area (TPSA) is 87.3 Å². The van der Waals surface area contributed by atoms with Crippen molar-refractivity contribution in [2.75, 3.05) is 25.5 Å². The number of nitrogens with one attached hydrogen (secondary N) is 3. The fourth-order valence-corrected chi connectivity index (χ4v) is 3.43. The minimum Gasteiger partial charge on any atom is -0.325 e. The normalized spacial score (nSPS) is 14.3. The number of benzene rings is 1. The van der Waals surface area contributed by atoms with Gasteiger partial charge >= 0.3 is 0 Å². The Labute approximate surface area is 116 Å². The molecule has 2 rings (SSSR count). The lowest BCUT2D eigenvalue weighted by atomic mass is 10.2. The fourth-order valence-electron chi connectivity index (χ4n) is 1.82. The first-order valence-electron chi connectivity index (χ1n) is 5.70. The molecule has 1 aromatic carbocycles. The largest absolute Gasteiger partial charge is 0.325 e. The Morgan fingerprint density at radius 3 is 2.79 bits per heavy atom. The highest BCUT2D eigenvalue weighted by Crippen LogP contribution is 2.31. The number of sulfonamides is 1. The SMILES string of the molecule is CNCCNS(=O)(=O)c1cc2c(cc1Cl)NC(=O)C2. The summed E-state index contributed by atoms with van der Waals surface area (Å²) < 4.78 is 26.6. The van der Waals surface area contributed by atoms with E-state index in [2.05, 4.69) is 15.4 Å². The van der Waals surface area contributed by atoms with Crippen molar-refractivity contribution < 1.29 is 13.2 Å². The van der Waals surface area contributed by atoms with E-state index < -0.39 is 10.0 Å².